The number of hydrogen-bond acceptors (Lipinski definition) is 5. The zero-order chi connectivity index (χ0) is 28.6. The molecule has 0 bridgehead atoms. The number of nitrogens with one attached hydrogen (secondary N) is 1. The predicted molar refractivity (Wildman–Crippen MR) is 165 cm³/mol. The number of halogens is 1. The van der Waals surface area contributed by atoms with Crippen LogP contribution in [-0.2, 0) is 30.8 Å². The van der Waals surface area contributed by atoms with Gasteiger partial charge < -0.3 is 14.5 Å². The predicted octanol–water partition coefficient (Wildman–Crippen LogP) is 4.90. The van der Waals surface area contributed by atoms with E-state index < -0.39 is 5.91 Å². The first-order valence-electron chi connectivity index (χ1n) is 14.2. The van der Waals surface area contributed by atoms with E-state index in [4.69, 9.17) is 16.3 Å². The van der Waals surface area contributed by atoms with Crippen molar-refractivity contribution in [2.75, 3.05) is 26.3 Å². The van der Waals surface area contributed by atoms with E-state index in [-0.39, 0.29) is 11.0 Å². The Balaban J connectivity index is 1.26. The molecule has 4 heterocycles. The van der Waals surface area contributed by atoms with Crippen LogP contribution >= 0.6 is 11.6 Å². The summed E-state index contributed by atoms with van der Waals surface area (Å²) in [6, 6.07) is 21.7. The SMILES string of the molecule is O=C(NCc1ccc(Cl)cc1)c1cn2c(CCn3ncc4ccccc43)cc3cc(CN4CCOCC4)cc(c1=O)c32. The fourth-order valence-corrected chi connectivity index (χ4v) is 6.04. The third kappa shape index (κ3) is 5.13. The van der Waals surface area contributed by atoms with E-state index in [1.54, 1.807) is 18.3 Å². The Morgan fingerprint density at radius 3 is 2.62 bits per heavy atom. The molecule has 3 aromatic heterocycles. The van der Waals surface area contributed by atoms with Crippen molar-refractivity contribution in [1.82, 2.24) is 24.4 Å². The van der Waals surface area contributed by atoms with Crippen molar-refractivity contribution < 1.29 is 9.53 Å². The van der Waals surface area contributed by atoms with Gasteiger partial charge in [-0.2, -0.15) is 5.10 Å². The highest BCUT2D eigenvalue weighted by Gasteiger charge is 2.21. The summed E-state index contributed by atoms with van der Waals surface area (Å²) in [5, 5.41) is 10.8. The van der Waals surface area contributed by atoms with E-state index in [1.807, 2.05) is 45.6 Å². The molecule has 1 fully saturated rings. The monoisotopic (exact) mass is 579 g/mol. The highest BCUT2D eigenvalue weighted by molar-refractivity contribution is 6.30. The zero-order valence-corrected chi connectivity index (χ0v) is 23.8. The van der Waals surface area contributed by atoms with Gasteiger partial charge in [0.2, 0.25) is 5.43 Å². The second kappa shape index (κ2) is 11.2. The van der Waals surface area contributed by atoms with Crippen molar-refractivity contribution in [2.45, 2.75) is 26.1 Å². The standard InChI is InChI=1S/C33H30ClN5O3/c34-26-7-5-22(6-8-26)18-35-33(41)29-21-38-27(9-10-39-30-4-2-1-3-24(30)19-36-39)17-25-15-23(16-28(31(25)38)32(29)40)20-37-11-13-42-14-12-37/h1-8,15-17,19,21H,9-14,18,20H2,(H,35,41). The fourth-order valence-electron chi connectivity index (χ4n) is 5.91. The van der Waals surface area contributed by atoms with E-state index >= 15 is 0 Å². The van der Waals surface area contributed by atoms with Gasteiger partial charge in [-0.3, -0.25) is 19.2 Å². The van der Waals surface area contributed by atoms with Gasteiger partial charge in [0.15, 0.2) is 0 Å². The highest BCUT2D eigenvalue weighted by atomic mass is 35.5. The Hall–Kier alpha value is -4.24. The number of carbonyl (C=O) groups excluding carboxylic acids is 1. The largest absolute Gasteiger partial charge is 0.379 e. The normalized spacial score (nSPS) is 14.3. The molecule has 1 saturated heterocycles. The maximum atomic E-state index is 13.8. The van der Waals surface area contributed by atoms with Gasteiger partial charge in [0.1, 0.15) is 5.56 Å². The van der Waals surface area contributed by atoms with Crippen molar-refractivity contribution in [1.29, 1.82) is 0 Å². The molecular weight excluding hydrogens is 550 g/mol. The molecule has 1 N–H and O–H groups in total. The van der Waals surface area contributed by atoms with Gasteiger partial charge in [0.25, 0.3) is 5.91 Å². The molecule has 1 amide bonds. The van der Waals surface area contributed by atoms with Crippen LogP contribution in [0.1, 0.15) is 27.2 Å². The Labute approximate surface area is 247 Å². The smallest absolute Gasteiger partial charge is 0.257 e. The van der Waals surface area contributed by atoms with Crippen molar-refractivity contribution >= 4 is 44.7 Å². The third-order valence-electron chi connectivity index (χ3n) is 8.07. The van der Waals surface area contributed by atoms with Crippen molar-refractivity contribution in [3.63, 3.8) is 0 Å². The summed E-state index contributed by atoms with van der Waals surface area (Å²) in [6.07, 6.45) is 4.27. The van der Waals surface area contributed by atoms with Crippen molar-refractivity contribution in [2.24, 2.45) is 0 Å². The molecule has 0 atom stereocenters. The van der Waals surface area contributed by atoms with E-state index in [1.165, 1.54) is 0 Å². The average Bonchev–Trinajstić information content (AvgIpc) is 3.59. The molecule has 212 valence electrons. The molecule has 6 aromatic rings. The first kappa shape index (κ1) is 26.6. The molecule has 42 heavy (non-hydrogen) atoms. The Bertz CT molecular complexity index is 1960. The number of amides is 1. The Morgan fingerprint density at radius 2 is 1.79 bits per heavy atom. The van der Waals surface area contributed by atoms with E-state index in [0.29, 0.717) is 43.1 Å². The maximum Gasteiger partial charge on any atom is 0.257 e. The second-order valence-electron chi connectivity index (χ2n) is 10.8. The molecule has 0 radical (unpaired) electrons. The Morgan fingerprint density at radius 1 is 0.976 bits per heavy atom. The lowest BCUT2D eigenvalue weighted by Crippen LogP contribution is -2.35. The van der Waals surface area contributed by atoms with Gasteiger partial charge in [0, 0.05) is 72.2 Å². The minimum absolute atomic E-state index is 0.128. The van der Waals surface area contributed by atoms with Crippen LogP contribution in [0.4, 0.5) is 0 Å². The quantitative estimate of drug-likeness (QED) is 0.277. The zero-order valence-electron chi connectivity index (χ0n) is 23.1. The number of benzene rings is 3. The minimum Gasteiger partial charge on any atom is -0.379 e. The number of fused-ring (bicyclic) bond motifs is 1. The third-order valence-corrected chi connectivity index (χ3v) is 8.32. The van der Waals surface area contributed by atoms with Gasteiger partial charge in [-0.15, -0.1) is 0 Å². The number of para-hydroxylation sites is 1. The first-order chi connectivity index (χ1) is 20.5. The summed E-state index contributed by atoms with van der Waals surface area (Å²) in [6.45, 7) is 4.80. The lowest BCUT2D eigenvalue weighted by Gasteiger charge is -2.26. The molecule has 3 aromatic carbocycles. The number of ether oxygens (including phenoxy) is 1. The number of aryl methyl sites for hydroxylation is 2. The molecule has 9 heteroatoms. The van der Waals surface area contributed by atoms with Crippen LogP contribution < -0.4 is 10.7 Å². The lowest BCUT2D eigenvalue weighted by atomic mass is 10.0. The first-order valence-corrected chi connectivity index (χ1v) is 14.6. The van der Waals surface area contributed by atoms with Crippen LogP contribution in [0, 0.1) is 0 Å². The molecule has 0 spiro atoms. The molecule has 0 unspecified atom stereocenters. The van der Waals surface area contributed by atoms with Crippen molar-refractivity contribution in [3.05, 3.63) is 117 Å². The number of morpholine rings is 1. The van der Waals surface area contributed by atoms with Crippen LogP contribution in [0.2, 0.25) is 5.02 Å². The highest BCUT2D eigenvalue weighted by Crippen LogP contribution is 2.27. The molecule has 0 saturated carbocycles. The second-order valence-corrected chi connectivity index (χ2v) is 11.3. The summed E-state index contributed by atoms with van der Waals surface area (Å²) >= 11 is 6.01. The van der Waals surface area contributed by atoms with Gasteiger partial charge in [-0.05, 0) is 47.5 Å². The number of carbonyl (C=O) groups is 1. The fraction of sp³-hybridized carbons (Fsp3) is 0.242. The van der Waals surface area contributed by atoms with Crippen molar-refractivity contribution in [3.8, 4) is 0 Å². The number of nitrogens with zero attached hydrogens (tertiary/aromatic N) is 4. The number of hydrogen-bond donors (Lipinski definition) is 1. The summed E-state index contributed by atoms with van der Waals surface area (Å²) in [7, 11) is 0. The van der Waals surface area contributed by atoms with Gasteiger partial charge >= 0.3 is 0 Å². The lowest BCUT2D eigenvalue weighted by molar-refractivity contribution is 0.0342. The van der Waals surface area contributed by atoms with E-state index in [9.17, 15) is 9.59 Å². The number of aromatic nitrogens is 3. The topological polar surface area (TPSA) is 80.9 Å². The molecule has 7 rings (SSSR count). The Kier molecular flexibility index (Phi) is 7.11. The van der Waals surface area contributed by atoms with Crippen LogP contribution in [-0.4, -0.2) is 51.3 Å². The summed E-state index contributed by atoms with van der Waals surface area (Å²) in [5.41, 5.74) is 4.77. The van der Waals surface area contributed by atoms with E-state index in [2.05, 4.69) is 39.6 Å². The average molecular weight is 580 g/mol. The van der Waals surface area contributed by atoms with Gasteiger partial charge in [0.05, 0.1) is 30.4 Å². The maximum absolute atomic E-state index is 13.8. The van der Waals surface area contributed by atoms with Crippen LogP contribution in [0.5, 0.6) is 0 Å². The van der Waals surface area contributed by atoms with Crippen LogP contribution in [0.15, 0.2) is 83.9 Å². The minimum atomic E-state index is -0.398. The van der Waals surface area contributed by atoms with E-state index in [0.717, 1.165) is 58.3 Å². The molecule has 1 aliphatic rings. The number of rotatable bonds is 8. The molecule has 8 nitrogen and oxygen atoms in total. The summed E-state index contributed by atoms with van der Waals surface area (Å²) in [5.74, 6) is -0.398. The van der Waals surface area contributed by atoms with Gasteiger partial charge in [-0.25, -0.2) is 0 Å². The summed E-state index contributed by atoms with van der Waals surface area (Å²) in [4.78, 5) is 29.6. The van der Waals surface area contributed by atoms with Gasteiger partial charge in [-0.1, -0.05) is 41.9 Å². The molecule has 1 aliphatic heterocycles. The number of pyridine rings is 1. The summed E-state index contributed by atoms with van der Waals surface area (Å²) < 4.78 is 9.54. The molecule has 0 aliphatic carbocycles. The van der Waals surface area contributed by atoms with Crippen LogP contribution in [0.25, 0.3) is 27.2 Å². The molecular formula is C33H30ClN5O3. The van der Waals surface area contributed by atoms with Crippen LogP contribution in [0.3, 0.4) is 0 Å².